The molecule has 0 spiro atoms. The van der Waals surface area contributed by atoms with E-state index in [4.69, 9.17) is 4.74 Å². The summed E-state index contributed by atoms with van der Waals surface area (Å²) in [6.45, 7) is 3.76. The summed E-state index contributed by atoms with van der Waals surface area (Å²) in [6, 6.07) is 15.5. The van der Waals surface area contributed by atoms with E-state index in [1.165, 1.54) is 70.6 Å². The molecule has 1 aliphatic rings. The molecule has 0 saturated heterocycles. The number of carbonyl (C=O) groups is 1. The lowest BCUT2D eigenvalue weighted by Gasteiger charge is -2.18. The van der Waals surface area contributed by atoms with Crippen LogP contribution in [0.5, 0.6) is 5.75 Å². The summed E-state index contributed by atoms with van der Waals surface area (Å²) < 4.78 is 5.95. The first kappa shape index (κ1) is 28.2. The molecule has 0 saturated carbocycles. The number of para-hydroxylation sites is 1. The summed E-state index contributed by atoms with van der Waals surface area (Å²) in [5, 5.41) is 5.19. The van der Waals surface area contributed by atoms with Gasteiger partial charge in [-0.2, -0.15) is 0 Å². The maximum Gasteiger partial charge on any atom is 0.255 e. The Labute approximate surface area is 222 Å². The van der Waals surface area contributed by atoms with Gasteiger partial charge in [-0.15, -0.1) is 11.8 Å². The molecule has 36 heavy (non-hydrogen) atoms. The van der Waals surface area contributed by atoms with Gasteiger partial charge in [0.15, 0.2) is 0 Å². The molecule has 1 aliphatic heterocycles. The van der Waals surface area contributed by atoms with E-state index < -0.39 is 0 Å². The second-order valence-corrected chi connectivity index (χ2v) is 10.6. The van der Waals surface area contributed by atoms with Crippen molar-refractivity contribution < 1.29 is 9.53 Å². The Hall–Kier alpha value is -2.40. The van der Waals surface area contributed by atoms with Crippen molar-refractivity contribution in [2.24, 2.45) is 0 Å². The van der Waals surface area contributed by atoms with Gasteiger partial charge in [-0.25, -0.2) is 0 Å². The monoisotopic (exact) mass is 508 g/mol. The molecule has 0 radical (unpaired) electrons. The zero-order valence-corrected chi connectivity index (χ0v) is 22.9. The quantitative estimate of drug-likeness (QED) is 0.204. The van der Waals surface area contributed by atoms with Gasteiger partial charge in [0.25, 0.3) is 5.91 Å². The van der Waals surface area contributed by atoms with Gasteiger partial charge in [0.05, 0.1) is 12.5 Å². The average molecular weight is 509 g/mol. The van der Waals surface area contributed by atoms with Crippen molar-refractivity contribution in [1.29, 1.82) is 0 Å². The van der Waals surface area contributed by atoms with Crippen molar-refractivity contribution in [1.82, 2.24) is 4.90 Å². The normalized spacial score (nSPS) is 12.8. The fourth-order valence-corrected chi connectivity index (χ4v) is 5.18. The summed E-state index contributed by atoms with van der Waals surface area (Å²) in [6.07, 6.45) is 18.1. The van der Waals surface area contributed by atoms with E-state index in [0.29, 0.717) is 12.2 Å². The van der Waals surface area contributed by atoms with E-state index in [9.17, 15) is 4.79 Å². The summed E-state index contributed by atoms with van der Waals surface area (Å²) in [5.74, 6) is 1.60. The Kier molecular flexibility index (Phi) is 13.4. The number of nitrogens with zero attached hydrogens (tertiary/aromatic N) is 1. The number of anilines is 1. The topological polar surface area (TPSA) is 41.6 Å². The van der Waals surface area contributed by atoms with Gasteiger partial charge in [-0.1, -0.05) is 102 Å². The number of nitrogens with one attached hydrogen (secondary N) is 1. The van der Waals surface area contributed by atoms with Crippen LogP contribution >= 0.6 is 11.8 Å². The maximum absolute atomic E-state index is 12.9. The third kappa shape index (κ3) is 10.7. The van der Waals surface area contributed by atoms with E-state index in [1.54, 1.807) is 11.8 Å². The number of carbonyl (C=O) groups excluding carboxylic acids is 1. The van der Waals surface area contributed by atoms with E-state index in [1.807, 2.05) is 42.5 Å². The van der Waals surface area contributed by atoms with Crippen LogP contribution in [0.2, 0.25) is 0 Å². The molecule has 1 heterocycles. The molecule has 4 nitrogen and oxygen atoms in total. The van der Waals surface area contributed by atoms with E-state index in [0.717, 1.165) is 35.8 Å². The number of ether oxygens (including phenoxy) is 1. The van der Waals surface area contributed by atoms with Gasteiger partial charge >= 0.3 is 0 Å². The minimum atomic E-state index is -0.107. The highest BCUT2D eigenvalue weighted by Gasteiger charge is 2.12. The average Bonchev–Trinajstić information content (AvgIpc) is 3.41. The van der Waals surface area contributed by atoms with Crippen molar-refractivity contribution in [3.05, 3.63) is 71.3 Å². The van der Waals surface area contributed by atoms with Gasteiger partial charge in [-0.05, 0) is 41.7 Å². The molecule has 2 aromatic rings. The molecule has 196 valence electrons. The lowest BCUT2D eigenvalue weighted by atomic mass is 10.1. The first-order valence-corrected chi connectivity index (χ1v) is 15.0. The number of hydrogen-bond donors (Lipinski definition) is 1. The number of amides is 1. The van der Waals surface area contributed by atoms with Crippen molar-refractivity contribution in [2.75, 3.05) is 17.8 Å². The molecule has 3 rings (SSSR count). The lowest BCUT2D eigenvalue weighted by molar-refractivity contribution is 0.102. The fourth-order valence-electron chi connectivity index (χ4n) is 4.46. The number of unbranched alkanes of at least 4 members (excludes halogenated alkanes) is 11. The molecule has 0 fully saturated rings. The minimum Gasteiger partial charge on any atom is -0.494 e. The summed E-state index contributed by atoms with van der Waals surface area (Å²) in [5.41, 5.74) is 2.58. The number of rotatable bonds is 18. The zero-order chi connectivity index (χ0) is 25.3. The van der Waals surface area contributed by atoms with Crippen LogP contribution in [0.4, 0.5) is 5.69 Å². The molecule has 5 heteroatoms. The largest absolute Gasteiger partial charge is 0.494 e. The highest BCUT2D eigenvalue weighted by atomic mass is 32.2. The second kappa shape index (κ2) is 17.1. The zero-order valence-electron chi connectivity index (χ0n) is 22.1. The Bertz CT molecular complexity index is 930. The van der Waals surface area contributed by atoms with Crippen LogP contribution in [0, 0.1) is 0 Å². The van der Waals surface area contributed by atoms with Gasteiger partial charge < -0.3 is 15.0 Å². The van der Waals surface area contributed by atoms with Gasteiger partial charge in [-0.3, -0.25) is 4.79 Å². The molecular formula is C31H44N2O2S. The molecule has 0 aliphatic carbocycles. The van der Waals surface area contributed by atoms with Crippen molar-refractivity contribution in [2.45, 2.75) is 90.5 Å². The molecule has 0 atom stereocenters. The smallest absolute Gasteiger partial charge is 0.255 e. The van der Waals surface area contributed by atoms with Crippen LogP contribution in [-0.4, -0.2) is 23.3 Å². The van der Waals surface area contributed by atoms with Crippen LogP contribution in [-0.2, 0) is 6.54 Å². The van der Waals surface area contributed by atoms with Gasteiger partial charge in [0, 0.05) is 24.0 Å². The van der Waals surface area contributed by atoms with Crippen LogP contribution in [0.3, 0.4) is 0 Å². The third-order valence-corrected chi connectivity index (χ3v) is 7.40. The molecular weight excluding hydrogens is 464 g/mol. The predicted octanol–water partition coefficient (Wildman–Crippen LogP) is 9.00. The number of benzene rings is 2. The van der Waals surface area contributed by atoms with E-state index >= 15 is 0 Å². The fraction of sp³-hybridized carbons (Fsp3) is 0.516. The Balaban J connectivity index is 1.32. The summed E-state index contributed by atoms with van der Waals surface area (Å²) >= 11 is 1.78. The molecule has 2 aromatic carbocycles. The van der Waals surface area contributed by atoms with Crippen LogP contribution < -0.4 is 10.1 Å². The SMILES string of the molecule is CCCCCCCCCCCCCCOc1cccc(C(=O)Nc2ccccc2CN2C=CSC2)c1. The third-order valence-electron chi connectivity index (χ3n) is 6.61. The number of hydrogen-bond acceptors (Lipinski definition) is 4. The first-order valence-electron chi connectivity index (χ1n) is 13.9. The minimum absolute atomic E-state index is 0.107. The summed E-state index contributed by atoms with van der Waals surface area (Å²) in [4.78, 5) is 15.2. The standard InChI is InChI=1S/C31H44N2O2S/c1-2-3-4-5-6-7-8-9-10-11-12-15-22-35-29-19-16-18-27(24-29)31(34)32-30-20-14-13-17-28(30)25-33-21-23-36-26-33/h13-14,16-21,23-24H,2-12,15,22,25-26H2,1H3,(H,32,34). The van der Waals surface area contributed by atoms with Crippen molar-refractivity contribution in [3.8, 4) is 5.75 Å². The Morgan fingerprint density at radius 3 is 2.28 bits per heavy atom. The lowest BCUT2D eigenvalue weighted by Crippen LogP contribution is -2.17. The Morgan fingerprint density at radius 1 is 0.889 bits per heavy atom. The van der Waals surface area contributed by atoms with E-state index in [-0.39, 0.29) is 5.91 Å². The number of thioether (sulfide) groups is 1. The molecule has 1 N–H and O–H groups in total. The molecule has 0 bridgehead atoms. The second-order valence-electron chi connectivity index (χ2n) is 9.70. The Morgan fingerprint density at radius 2 is 1.58 bits per heavy atom. The van der Waals surface area contributed by atoms with Gasteiger partial charge in [0.2, 0.25) is 0 Å². The van der Waals surface area contributed by atoms with Gasteiger partial charge in [0.1, 0.15) is 5.75 Å². The highest BCUT2D eigenvalue weighted by molar-refractivity contribution is 8.02. The van der Waals surface area contributed by atoms with Crippen LogP contribution in [0.15, 0.2) is 60.1 Å². The molecule has 0 aromatic heterocycles. The highest BCUT2D eigenvalue weighted by Crippen LogP contribution is 2.23. The van der Waals surface area contributed by atoms with Crippen LogP contribution in [0.1, 0.15) is 99.9 Å². The molecule has 1 amide bonds. The van der Waals surface area contributed by atoms with E-state index in [2.05, 4.69) is 34.8 Å². The van der Waals surface area contributed by atoms with Crippen LogP contribution in [0.25, 0.3) is 0 Å². The summed E-state index contributed by atoms with van der Waals surface area (Å²) in [7, 11) is 0. The molecule has 0 unspecified atom stereocenters. The maximum atomic E-state index is 12.9. The predicted molar refractivity (Wildman–Crippen MR) is 155 cm³/mol. The first-order chi connectivity index (χ1) is 17.8. The van der Waals surface area contributed by atoms with Crippen molar-refractivity contribution in [3.63, 3.8) is 0 Å². The van der Waals surface area contributed by atoms with Crippen molar-refractivity contribution >= 4 is 23.4 Å².